The van der Waals surface area contributed by atoms with Gasteiger partial charge in [-0.1, -0.05) is 53.8 Å². The van der Waals surface area contributed by atoms with Gasteiger partial charge in [0.05, 0.1) is 4.91 Å². The minimum Gasteiger partial charge on any atom is -0.451 e. The molecule has 0 spiro atoms. The first-order valence-corrected chi connectivity index (χ1v) is 12.3. The molecule has 0 aromatic heterocycles. The van der Waals surface area contributed by atoms with E-state index in [1.165, 1.54) is 17.0 Å². The third-order valence-corrected chi connectivity index (χ3v) is 6.88. The van der Waals surface area contributed by atoms with Gasteiger partial charge < -0.3 is 10.1 Å². The van der Waals surface area contributed by atoms with Crippen molar-refractivity contribution >= 4 is 63.5 Å². The monoisotopic (exact) mass is 584 g/mol. The number of halogens is 6. The number of thiocarbonyl (C=S) groups is 1. The summed E-state index contributed by atoms with van der Waals surface area (Å²) in [7, 11) is 0. The first kappa shape index (κ1) is 27.6. The van der Waals surface area contributed by atoms with Gasteiger partial charge >= 0.3 is 0 Å². The van der Waals surface area contributed by atoms with Crippen molar-refractivity contribution in [3.63, 3.8) is 0 Å². The maximum atomic E-state index is 13.8. The van der Waals surface area contributed by atoms with E-state index in [0.29, 0.717) is 15.5 Å². The highest BCUT2D eigenvalue weighted by molar-refractivity contribution is 8.26. The van der Waals surface area contributed by atoms with Gasteiger partial charge in [-0.3, -0.25) is 14.5 Å². The minimum absolute atomic E-state index is 0.0117. The Hall–Kier alpha value is -3.48. The van der Waals surface area contributed by atoms with E-state index in [0.717, 1.165) is 23.9 Å². The molecule has 1 aliphatic rings. The maximum absolute atomic E-state index is 13.8. The molecule has 0 atom stereocenters. The van der Waals surface area contributed by atoms with Gasteiger partial charge in [0.25, 0.3) is 5.91 Å². The molecule has 38 heavy (non-hydrogen) atoms. The van der Waals surface area contributed by atoms with E-state index in [-0.39, 0.29) is 34.6 Å². The molecular weight excluding hydrogens is 571 g/mol. The smallest absolute Gasteiger partial charge is 0.266 e. The van der Waals surface area contributed by atoms with Crippen molar-refractivity contribution in [1.29, 1.82) is 0 Å². The third kappa shape index (κ3) is 5.82. The summed E-state index contributed by atoms with van der Waals surface area (Å²) < 4.78 is 72.6. The van der Waals surface area contributed by atoms with Crippen LogP contribution in [0, 0.1) is 29.1 Å². The molecule has 3 aromatic rings. The van der Waals surface area contributed by atoms with Gasteiger partial charge in [-0.25, -0.2) is 13.2 Å². The van der Waals surface area contributed by atoms with Crippen LogP contribution < -0.4 is 10.1 Å². The molecule has 2 amide bonds. The Morgan fingerprint density at radius 2 is 1.58 bits per heavy atom. The molecule has 3 aromatic carbocycles. The van der Waals surface area contributed by atoms with Crippen molar-refractivity contribution in [3.8, 4) is 11.5 Å². The van der Waals surface area contributed by atoms with Gasteiger partial charge in [0.2, 0.25) is 40.7 Å². The molecule has 0 unspecified atom stereocenters. The first-order valence-electron chi connectivity index (χ1n) is 10.7. The SMILES string of the molecule is O=C(CCN1C(=O)C(=Cc2ccccc2Cl)SC1=S)Nc1ccc(Oc2c(F)c(F)c(F)c(F)c2F)cc1. The van der Waals surface area contributed by atoms with Gasteiger partial charge in [-0.15, -0.1) is 0 Å². The molecule has 1 saturated heterocycles. The summed E-state index contributed by atoms with van der Waals surface area (Å²) in [6.45, 7) is 0.0117. The summed E-state index contributed by atoms with van der Waals surface area (Å²) in [5, 5.41) is 3.03. The zero-order valence-corrected chi connectivity index (χ0v) is 21.3. The van der Waals surface area contributed by atoms with Gasteiger partial charge in [0.1, 0.15) is 10.1 Å². The van der Waals surface area contributed by atoms with Crippen LogP contribution in [0.4, 0.5) is 27.6 Å². The molecule has 0 bridgehead atoms. The highest BCUT2D eigenvalue weighted by atomic mass is 35.5. The van der Waals surface area contributed by atoms with E-state index in [1.54, 1.807) is 30.3 Å². The number of nitrogens with one attached hydrogen (secondary N) is 1. The molecule has 1 N–H and O–H groups in total. The Bertz CT molecular complexity index is 1460. The summed E-state index contributed by atoms with van der Waals surface area (Å²) in [4.78, 5) is 26.8. The van der Waals surface area contributed by atoms with Gasteiger partial charge in [-0.2, -0.15) is 8.78 Å². The van der Waals surface area contributed by atoms with E-state index in [9.17, 15) is 31.5 Å². The molecule has 0 radical (unpaired) electrons. The molecular formula is C25H14ClF5N2O3S2. The van der Waals surface area contributed by atoms with Crippen molar-refractivity contribution in [2.24, 2.45) is 0 Å². The number of benzene rings is 3. The van der Waals surface area contributed by atoms with E-state index in [2.05, 4.69) is 5.32 Å². The molecule has 0 saturated carbocycles. The summed E-state index contributed by atoms with van der Waals surface area (Å²) in [5.41, 5.74) is 0.906. The van der Waals surface area contributed by atoms with E-state index < -0.39 is 40.7 Å². The minimum atomic E-state index is -2.30. The zero-order chi connectivity index (χ0) is 27.6. The Balaban J connectivity index is 1.35. The Labute approximate surface area is 227 Å². The van der Waals surface area contributed by atoms with Crippen molar-refractivity contribution < 1.29 is 36.3 Å². The highest BCUT2D eigenvalue weighted by Crippen LogP contribution is 2.35. The van der Waals surface area contributed by atoms with Crippen LogP contribution in [-0.4, -0.2) is 27.6 Å². The quantitative estimate of drug-likeness (QED) is 0.106. The molecule has 4 rings (SSSR count). The fourth-order valence-corrected chi connectivity index (χ4v) is 4.75. The predicted octanol–water partition coefficient (Wildman–Crippen LogP) is 7.06. The second kappa shape index (κ2) is 11.5. The zero-order valence-electron chi connectivity index (χ0n) is 18.9. The summed E-state index contributed by atoms with van der Waals surface area (Å²) in [6, 6.07) is 11.9. The summed E-state index contributed by atoms with van der Waals surface area (Å²) >= 11 is 12.5. The number of nitrogens with zero attached hydrogens (tertiary/aromatic N) is 1. The average Bonchev–Trinajstić information content (AvgIpc) is 3.17. The van der Waals surface area contributed by atoms with Crippen LogP contribution in [0.15, 0.2) is 53.4 Å². The van der Waals surface area contributed by atoms with Crippen LogP contribution in [0.2, 0.25) is 5.02 Å². The number of ether oxygens (including phenoxy) is 1. The molecule has 1 fully saturated rings. The summed E-state index contributed by atoms with van der Waals surface area (Å²) in [6.07, 6.45) is 1.52. The number of hydrogen-bond acceptors (Lipinski definition) is 5. The Kier molecular flexibility index (Phi) is 8.34. The lowest BCUT2D eigenvalue weighted by Gasteiger charge is -2.14. The Morgan fingerprint density at radius 3 is 2.21 bits per heavy atom. The predicted molar refractivity (Wildman–Crippen MR) is 137 cm³/mol. The Morgan fingerprint density at radius 1 is 0.974 bits per heavy atom. The van der Waals surface area contributed by atoms with Crippen LogP contribution in [0.25, 0.3) is 6.08 Å². The van der Waals surface area contributed by atoms with Gasteiger partial charge in [0, 0.05) is 23.7 Å². The lowest BCUT2D eigenvalue weighted by Crippen LogP contribution is -2.31. The van der Waals surface area contributed by atoms with Crippen LogP contribution in [0.1, 0.15) is 12.0 Å². The van der Waals surface area contributed by atoms with Crippen LogP contribution >= 0.6 is 35.6 Å². The van der Waals surface area contributed by atoms with Crippen molar-refractivity contribution in [1.82, 2.24) is 4.90 Å². The number of rotatable bonds is 7. The normalized spacial score (nSPS) is 14.4. The number of anilines is 1. The van der Waals surface area contributed by atoms with Crippen molar-refractivity contribution in [2.75, 3.05) is 11.9 Å². The molecule has 1 aliphatic heterocycles. The number of thioether (sulfide) groups is 1. The maximum Gasteiger partial charge on any atom is 0.266 e. The van der Waals surface area contributed by atoms with Crippen LogP contribution in [0.5, 0.6) is 11.5 Å². The topological polar surface area (TPSA) is 58.6 Å². The second-order valence-electron chi connectivity index (χ2n) is 7.68. The van der Waals surface area contributed by atoms with Crippen molar-refractivity contribution in [3.05, 3.63) is 93.1 Å². The van der Waals surface area contributed by atoms with Crippen LogP contribution in [0.3, 0.4) is 0 Å². The second-order valence-corrected chi connectivity index (χ2v) is 9.76. The standard InChI is InChI=1S/C25H14ClF5N2O3S2/c26-15-4-2-1-3-12(15)11-16-24(35)33(25(37)38-16)10-9-17(34)32-13-5-7-14(8-6-13)36-23-21(30)19(28)18(27)20(29)22(23)31/h1-8,11H,9-10H2,(H,32,34). The fraction of sp³-hybridized carbons (Fsp3) is 0.0800. The van der Waals surface area contributed by atoms with Gasteiger partial charge in [-0.05, 0) is 42.0 Å². The first-order chi connectivity index (χ1) is 18.1. The van der Waals surface area contributed by atoms with E-state index >= 15 is 0 Å². The average molecular weight is 585 g/mol. The van der Waals surface area contributed by atoms with Crippen LogP contribution in [-0.2, 0) is 9.59 Å². The molecule has 13 heteroatoms. The van der Waals surface area contributed by atoms with E-state index in [1.807, 2.05) is 0 Å². The highest BCUT2D eigenvalue weighted by Gasteiger charge is 2.32. The number of carbonyl (C=O) groups excluding carboxylic acids is 2. The molecule has 0 aliphatic carbocycles. The largest absolute Gasteiger partial charge is 0.451 e. The molecule has 1 heterocycles. The number of hydrogen-bond donors (Lipinski definition) is 1. The number of carbonyl (C=O) groups is 2. The van der Waals surface area contributed by atoms with E-state index in [4.69, 9.17) is 28.6 Å². The lowest BCUT2D eigenvalue weighted by molar-refractivity contribution is -0.122. The molecule has 196 valence electrons. The van der Waals surface area contributed by atoms with Crippen molar-refractivity contribution in [2.45, 2.75) is 6.42 Å². The summed E-state index contributed by atoms with van der Waals surface area (Å²) in [5.74, 6) is -13.3. The van der Waals surface area contributed by atoms with Gasteiger partial charge in [0.15, 0.2) is 0 Å². The molecule has 5 nitrogen and oxygen atoms in total. The number of amides is 2. The third-order valence-electron chi connectivity index (χ3n) is 5.16. The lowest BCUT2D eigenvalue weighted by atomic mass is 10.2. The fourth-order valence-electron chi connectivity index (χ4n) is 3.26.